The Kier molecular flexibility index (Phi) is 6.84. The average Bonchev–Trinajstić information content (AvgIpc) is 2.98. The van der Waals surface area contributed by atoms with Gasteiger partial charge in [0, 0.05) is 38.6 Å². The van der Waals surface area contributed by atoms with Crippen LogP contribution in [0, 0.1) is 0 Å². The lowest BCUT2D eigenvalue weighted by Crippen LogP contribution is -2.43. The van der Waals surface area contributed by atoms with Crippen molar-refractivity contribution in [2.45, 2.75) is 38.0 Å². The van der Waals surface area contributed by atoms with Crippen LogP contribution in [0.1, 0.15) is 30.4 Å². The van der Waals surface area contributed by atoms with Gasteiger partial charge in [0.25, 0.3) is 0 Å². The minimum Gasteiger partial charge on any atom is -0.481 e. The zero-order valence-electron chi connectivity index (χ0n) is 14.2. The Hall–Kier alpha value is -2.29. The first kappa shape index (κ1) is 20.0. The molecule has 1 heterocycles. The van der Waals surface area contributed by atoms with E-state index in [2.05, 4.69) is 15.5 Å². The van der Waals surface area contributed by atoms with E-state index in [0.717, 1.165) is 30.7 Å². The molecule has 3 N–H and O–H groups in total. The number of hydrogen-bond donors (Lipinski definition) is 3. The summed E-state index contributed by atoms with van der Waals surface area (Å²) in [6, 6.07) is 4.72. The van der Waals surface area contributed by atoms with E-state index in [1.54, 1.807) is 0 Å². The zero-order valence-corrected chi connectivity index (χ0v) is 14.2. The fraction of sp³-hybridized carbons (Fsp3) is 0.529. The molecule has 1 saturated heterocycles. The van der Waals surface area contributed by atoms with E-state index in [0.29, 0.717) is 26.1 Å². The lowest BCUT2D eigenvalue weighted by atomic mass is 10.1. The van der Waals surface area contributed by atoms with Crippen molar-refractivity contribution in [1.82, 2.24) is 15.5 Å². The van der Waals surface area contributed by atoms with Gasteiger partial charge in [0.1, 0.15) is 0 Å². The van der Waals surface area contributed by atoms with Crippen molar-refractivity contribution in [3.8, 4) is 0 Å². The molecule has 0 saturated carbocycles. The Morgan fingerprint density at radius 1 is 1.23 bits per heavy atom. The molecule has 26 heavy (non-hydrogen) atoms. The first-order valence-electron chi connectivity index (χ1n) is 8.38. The number of likely N-dealkylation sites (tertiary alicyclic amines) is 1. The van der Waals surface area contributed by atoms with Gasteiger partial charge in [0.2, 0.25) is 0 Å². The van der Waals surface area contributed by atoms with Gasteiger partial charge in [-0.15, -0.1) is 0 Å². The Morgan fingerprint density at radius 2 is 1.92 bits per heavy atom. The maximum absolute atomic E-state index is 12.6. The van der Waals surface area contributed by atoms with Crippen molar-refractivity contribution in [2.24, 2.45) is 0 Å². The second-order valence-corrected chi connectivity index (χ2v) is 6.31. The Balaban J connectivity index is 1.71. The van der Waals surface area contributed by atoms with E-state index in [4.69, 9.17) is 5.11 Å². The number of carboxylic acids is 1. The summed E-state index contributed by atoms with van der Waals surface area (Å²) in [6.07, 6.45) is -3.21. The van der Waals surface area contributed by atoms with E-state index in [1.165, 1.54) is 12.1 Å². The number of amides is 2. The van der Waals surface area contributed by atoms with E-state index in [-0.39, 0.29) is 18.5 Å². The third-order valence-corrected chi connectivity index (χ3v) is 4.15. The fourth-order valence-electron chi connectivity index (χ4n) is 2.83. The number of rotatable bonds is 7. The van der Waals surface area contributed by atoms with Gasteiger partial charge in [0.15, 0.2) is 0 Å². The van der Waals surface area contributed by atoms with Crippen LogP contribution in [-0.2, 0) is 17.5 Å². The largest absolute Gasteiger partial charge is 0.481 e. The molecule has 1 aliphatic heterocycles. The Labute approximate surface area is 149 Å². The molecule has 0 aromatic heterocycles. The first-order chi connectivity index (χ1) is 12.2. The van der Waals surface area contributed by atoms with Gasteiger partial charge >= 0.3 is 18.2 Å². The number of alkyl halides is 3. The van der Waals surface area contributed by atoms with Crippen LogP contribution < -0.4 is 10.6 Å². The first-order valence-corrected chi connectivity index (χ1v) is 8.38. The summed E-state index contributed by atoms with van der Waals surface area (Å²) in [5, 5.41) is 14.0. The van der Waals surface area contributed by atoms with Crippen LogP contribution in [0.5, 0.6) is 0 Å². The van der Waals surface area contributed by atoms with Gasteiger partial charge in [-0.2, -0.15) is 13.2 Å². The number of benzene rings is 1. The molecule has 0 radical (unpaired) electrons. The minimum atomic E-state index is -4.33. The van der Waals surface area contributed by atoms with E-state index < -0.39 is 17.7 Å². The van der Waals surface area contributed by atoms with Gasteiger partial charge in [-0.1, -0.05) is 12.1 Å². The summed E-state index contributed by atoms with van der Waals surface area (Å²) < 4.78 is 37.7. The van der Waals surface area contributed by atoms with Crippen molar-refractivity contribution < 1.29 is 27.9 Å². The number of nitrogens with one attached hydrogen (secondary N) is 2. The Bertz CT molecular complexity index is 620. The van der Waals surface area contributed by atoms with E-state index in [1.807, 2.05) is 0 Å². The lowest BCUT2D eigenvalue weighted by Gasteiger charge is -2.17. The molecule has 2 rings (SSSR count). The van der Waals surface area contributed by atoms with Crippen molar-refractivity contribution >= 4 is 12.0 Å². The highest BCUT2D eigenvalue weighted by atomic mass is 19.4. The number of carbonyl (C=O) groups is 2. The standard InChI is InChI=1S/C17H22F3N3O3/c18-17(19,20)13-5-3-12(4-6-13)10-23-9-7-14(11-23)22-16(26)21-8-1-2-15(24)25/h3-6,14H,1-2,7-11H2,(H,24,25)(H2,21,22,26). The average molecular weight is 373 g/mol. The quantitative estimate of drug-likeness (QED) is 0.642. The second kappa shape index (κ2) is 8.88. The smallest absolute Gasteiger partial charge is 0.416 e. The van der Waals surface area contributed by atoms with E-state index in [9.17, 15) is 22.8 Å². The third-order valence-electron chi connectivity index (χ3n) is 4.15. The van der Waals surface area contributed by atoms with Crippen molar-refractivity contribution in [3.05, 3.63) is 35.4 Å². The predicted molar refractivity (Wildman–Crippen MR) is 88.5 cm³/mol. The van der Waals surface area contributed by atoms with Crippen molar-refractivity contribution in [1.29, 1.82) is 0 Å². The second-order valence-electron chi connectivity index (χ2n) is 6.31. The minimum absolute atomic E-state index is 0.00458. The molecule has 9 heteroatoms. The number of urea groups is 1. The number of nitrogens with zero attached hydrogens (tertiary/aromatic N) is 1. The maximum atomic E-state index is 12.6. The summed E-state index contributed by atoms with van der Waals surface area (Å²) in [5.41, 5.74) is 0.124. The van der Waals surface area contributed by atoms with Gasteiger partial charge < -0.3 is 15.7 Å². The van der Waals surface area contributed by atoms with Crippen molar-refractivity contribution in [3.63, 3.8) is 0 Å². The molecule has 1 aromatic carbocycles. The van der Waals surface area contributed by atoms with Gasteiger partial charge in [-0.05, 0) is 30.5 Å². The number of carboxylic acid groups (broad SMARTS) is 1. The SMILES string of the molecule is O=C(O)CCCNC(=O)NC1CCN(Cc2ccc(C(F)(F)F)cc2)C1. The van der Waals surface area contributed by atoms with Crippen LogP contribution in [0.25, 0.3) is 0 Å². The van der Waals surface area contributed by atoms with Crippen molar-refractivity contribution in [2.75, 3.05) is 19.6 Å². The molecule has 1 aliphatic rings. The number of aliphatic carboxylic acids is 1. The van der Waals surface area contributed by atoms with Gasteiger partial charge in [0.05, 0.1) is 5.56 Å². The summed E-state index contributed by atoms with van der Waals surface area (Å²) in [5.74, 6) is -0.901. The summed E-state index contributed by atoms with van der Waals surface area (Å²) in [7, 11) is 0. The molecule has 2 amide bonds. The van der Waals surface area contributed by atoms with Gasteiger partial charge in [-0.3, -0.25) is 9.69 Å². The monoisotopic (exact) mass is 373 g/mol. The molecule has 1 atom stereocenters. The molecular formula is C17H22F3N3O3. The van der Waals surface area contributed by atoms with Crippen LogP contribution in [0.2, 0.25) is 0 Å². The molecule has 0 aliphatic carbocycles. The molecule has 0 spiro atoms. The molecule has 1 aromatic rings. The highest BCUT2D eigenvalue weighted by molar-refractivity contribution is 5.74. The van der Waals surface area contributed by atoms with Crippen LogP contribution in [0.15, 0.2) is 24.3 Å². The third kappa shape index (κ3) is 6.55. The summed E-state index contributed by atoms with van der Waals surface area (Å²) >= 11 is 0. The molecular weight excluding hydrogens is 351 g/mol. The van der Waals surface area contributed by atoms with Crippen LogP contribution >= 0.6 is 0 Å². The molecule has 144 valence electrons. The predicted octanol–water partition coefficient (Wildman–Crippen LogP) is 2.44. The maximum Gasteiger partial charge on any atom is 0.416 e. The highest BCUT2D eigenvalue weighted by Crippen LogP contribution is 2.29. The van der Waals surface area contributed by atoms with Crippen LogP contribution in [-0.4, -0.2) is 47.7 Å². The Morgan fingerprint density at radius 3 is 2.54 bits per heavy atom. The van der Waals surface area contributed by atoms with Crippen LogP contribution in [0.3, 0.4) is 0 Å². The lowest BCUT2D eigenvalue weighted by molar-refractivity contribution is -0.138. The molecule has 1 fully saturated rings. The number of halogens is 3. The number of carbonyl (C=O) groups excluding carboxylic acids is 1. The highest BCUT2D eigenvalue weighted by Gasteiger charge is 2.30. The molecule has 1 unspecified atom stereocenters. The fourth-order valence-corrected chi connectivity index (χ4v) is 2.83. The van der Waals surface area contributed by atoms with Crippen LogP contribution in [0.4, 0.5) is 18.0 Å². The topological polar surface area (TPSA) is 81.7 Å². The van der Waals surface area contributed by atoms with E-state index >= 15 is 0 Å². The van der Waals surface area contributed by atoms with Gasteiger partial charge in [-0.25, -0.2) is 4.79 Å². The summed E-state index contributed by atoms with van der Waals surface area (Å²) in [6.45, 7) is 2.17. The normalized spacial score (nSPS) is 17.9. The molecule has 6 nitrogen and oxygen atoms in total. The zero-order chi connectivity index (χ0) is 19.2. The number of hydrogen-bond acceptors (Lipinski definition) is 3. The summed E-state index contributed by atoms with van der Waals surface area (Å²) in [4.78, 5) is 24.2. The molecule has 0 bridgehead atoms.